The molecular formula is C23H15BrCl2FNO2. The fraction of sp³-hybridized carbons (Fsp3) is 0.0870. The van der Waals surface area contributed by atoms with Crippen molar-refractivity contribution in [3.05, 3.63) is 91.6 Å². The highest BCUT2D eigenvalue weighted by Crippen LogP contribution is 2.36. The number of allylic oxidation sites excluding steroid dienone is 1. The first-order valence-electron chi connectivity index (χ1n) is 8.74. The molecule has 152 valence electrons. The van der Waals surface area contributed by atoms with Crippen LogP contribution < -0.4 is 9.47 Å². The molecule has 3 rings (SSSR count). The third-order valence-corrected chi connectivity index (χ3v) is 5.67. The van der Waals surface area contributed by atoms with Crippen LogP contribution in [0.1, 0.15) is 16.7 Å². The Labute approximate surface area is 192 Å². The Balaban J connectivity index is 1.91. The number of nitrogens with zero attached hydrogens (tertiary/aromatic N) is 1. The smallest absolute Gasteiger partial charge is 0.162 e. The molecule has 0 amide bonds. The molecule has 0 atom stereocenters. The van der Waals surface area contributed by atoms with Gasteiger partial charge < -0.3 is 9.47 Å². The zero-order chi connectivity index (χ0) is 21.7. The van der Waals surface area contributed by atoms with Gasteiger partial charge in [-0.05, 0) is 47.5 Å². The van der Waals surface area contributed by atoms with Gasteiger partial charge in [0.25, 0.3) is 0 Å². The Hall–Kier alpha value is -2.52. The molecule has 3 nitrogen and oxygen atoms in total. The van der Waals surface area contributed by atoms with E-state index in [1.54, 1.807) is 48.5 Å². The minimum atomic E-state index is -0.463. The van der Waals surface area contributed by atoms with Crippen molar-refractivity contribution < 1.29 is 13.9 Å². The van der Waals surface area contributed by atoms with Gasteiger partial charge in [-0.2, -0.15) is 5.26 Å². The third kappa shape index (κ3) is 5.14. The highest BCUT2D eigenvalue weighted by Gasteiger charge is 2.13. The van der Waals surface area contributed by atoms with Gasteiger partial charge in [-0.25, -0.2) is 4.39 Å². The average molecular weight is 507 g/mol. The lowest BCUT2D eigenvalue weighted by Gasteiger charge is -2.13. The molecule has 3 aromatic carbocycles. The summed E-state index contributed by atoms with van der Waals surface area (Å²) in [6.07, 6.45) is 1.59. The largest absolute Gasteiger partial charge is 0.493 e. The van der Waals surface area contributed by atoms with Crippen molar-refractivity contribution in [3.63, 3.8) is 0 Å². The minimum Gasteiger partial charge on any atom is -0.493 e. The SMILES string of the molecule is COc1cc(/C=C(/C#N)c2ccccc2F)c(Br)cc1OCc1ccc(Cl)c(Cl)c1. The molecule has 0 aliphatic rings. The molecule has 0 saturated carbocycles. The van der Waals surface area contributed by atoms with Gasteiger partial charge in [-0.1, -0.05) is 63.4 Å². The summed E-state index contributed by atoms with van der Waals surface area (Å²) >= 11 is 15.5. The first-order chi connectivity index (χ1) is 14.4. The topological polar surface area (TPSA) is 42.2 Å². The monoisotopic (exact) mass is 505 g/mol. The summed E-state index contributed by atoms with van der Waals surface area (Å²) in [5.41, 5.74) is 1.91. The molecule has 0 spiro atoms. The van der Waals surface area contributed by atoms with Crippen LogP contribution in [-0.2, 0) is 6.61 Å². The maximum absolute atomic E-state index is 14.1. The lowest BCUT2D eigenvalue weighted by atomic mass is 10.0. The van der Waals surface area contributed by atoms with Crippen LogP contribution in [-0.4, -0.2) is 7.11 Å². The normalized spacial score (nSPS) is 11.1. The number of methoxy groups -OCH3 is 1. The van der Waals surface area contributed by atoms with E-state index in [0.717, 1.165) is 5.56 Å². The molecule has 7 heteroatoms. The van der Waals surface area contributed by atoms with Crippen molar-refractivity contribution in [2.24, 2.45) is 0 Å². The predicted octanol–water partition coefficient (Wildman–Crippen LogP) is 7.55. The average Bonchev–Trinajstić information content (AvgIpc) is 2.74. The van der Waals surface area contributed by atoms with Gasteiger partial charge in [-0.3, -0.25) is 0 Å². The summed E-state index contributed by atoms with van der Waals surface area (Å²) in [5.74, 6) is 0.502. The molecule has 0 unspecified atom stereocenters. The van der Waals surface area contributed by atoms with Crippen LogP contribution in [0.25, 0.3) is 11.6 Å². The maximum Gasteiger partial charge on any atom is 0.162 e. The van der Waals surface area contributed by atoms with E-state index >= 15 is 0 Å². The number of ether oxygens (including phenoxy) is 2. The number of hydrogen-bond donors (Lipinski definition) is 0. The van der Waals surface area contributed by atoms with Crippen LogP contribution in [0.15, 0.2) is 59.1 Å². The Kier molecular flexibility index (Phi) is 7.38. The van der Waals surface area contributed by atoms with E-state index in [1.165, 1.54) is 13.2 Å². The van der Waals surface area contributed by atoms with Crippen LogP contribution in [0.3, 0.4) is 0 Å². The number of halogens is 4. The Morgan fingerprint density at radius 3 is 2.53 bits per heavy atom. The van der Waals surface area contributed by atoms with Crippen molar-refractivity contribution in [2.45, 2.75) is 6.61 Å². The van der Waals surface area contributed by atoms with Crippen LogP contribution in [0.5, 0.6) is 11.5 Å². The fourth-order valence-corrected chi connectivity index (χ4v) is 3.49. The van der Waals surface area contributed by atoms with Gasteiger partial charge in [0, 0.05) is 10.0 Å². The van der Waals surface area contributed by atoms with E-state index in [1.807, 2.05) is 12.1 Å². The van der Waals surface area contributed by atoms with Crippen LogP contribution in [0.2, 0.25) is 10.0 Å². The van der Waals surface area contributed by atoms with E-state index in [-0.39, 0.29) is 17.7 Å². The number of hydrogen-bond acceptors (Lipinski definition) is 3. The van der Waals surface area contributed by atoms with E-state index in [0.29, 0.717) is 31.6 Å². The molecule has 3 aromatic rings. The van der Waals surface area contributed by atoms with Crippen molar-refractivity contribution in [3.8, 4) is 17.6 Å². The molecule has 0 radical (unpaired) electrons. The highest BCUT2D eigenvalue weighted by molar-refractivity contribution is 9.10. The number of rotatable bonds is 6. The van der Waals surface area contributed by atoms with Gasteiger partial charge in [0.05, 0.1) is 28.8 Å². The molecule has 0 aliphatic carbocycles. The van der Waals surface area contributed by atoms with Crippen LogP contribution in [0.4, 0.5) is 4.39 Å². The first kappa shape index (κ1) is 22.2. The maximum atomic E-state index is 14.1. The second kappa shape index (κ2) is 9.99. The molecule has 0 N–H and O–H groups in total. The molecule has 0 saturated heterocycles. The second-order valence-corrected chi connectivity index (χ2v) is 7.88. The Bertz CT molecular complexity index is 1160. The number of benzene rings is 3. The quantitative estimate of drug-likeness (QED) is 0.256. The van der Waals surface area contributed by atoms with Gasteiger partial charge in [0.15, 0.2) is 11.5 Å². The fourth-order valence-electron chi connectivity index (χ4n) is 2.73. The van der Waals surface area contributed by atoms with Gasteiger partial charge in [-0.15, -0.1) is 0 Å². The molecule has 0 aromatic heterocycles. The van der Waals surface area contributed by atoms with Crippen LogP contribution in [0, 0.1) is 17.1 Å². The summed E-state index contributed by atoms with van der Waals surface area (Å²) in [6.45, 7) is 0.257. The summed E-state index contributed by atoms with van der Waals surface area (Å²) < 4.78 is 26.1. The summed E-state index contributed by atoms with van der Waals surface area (Å²) in [5, 5.41) is 10.4. The van der Waals surface area contributed by atoms with E-state index in [4.69, 9.17) is 32.7 Å². The van der Waals surface area contributed by atoms with Gasteiger partial charge in [0.2, 0.25) is 0 Å². The summed E-state index contributed by atoms with van der Waals surface area (Å²) in [6, 6.07) is 16.9. The second-order valence-electron chi connectivity index (χ2n) is 6.21. The molecular weight excluding hydrogens is 492 g/mol. The number of nitriles is 1. The highest BCUT2D eigenvalue weighted by atomic mass is 79.9. The van der Waals surface area contributed by atoms with E-state index < -0.39 is 5.82 Å². The Morgan fingerprint density at radius 2 is 1.87 bits per heavy atom. The van der Waals surface area contributed by atoms with Crippen molar-refractivity contribution in [2.75, 3.05) is 7.11 Å². The van der Waals surface area contributed by atoms with Crippen molar-refractivity contribution in [1.82, 2.24) is 0 Å². The zero-order valence-corrected chi connectivity index (χ0v) is 18.9. The molecule has 0 fully saturated rings. The first-order valence-corrected chi connectivity index (χ1v) is 10.3. The summed E-state index contributed by atoms with van der Waals surface area (Å²) in [4.78, 5) is 0. The van der Waals surface area contributed by atoms with Crippen LogP contribution >= 0.6 is 39.1 Å². The van der Waals surface area contributed by atoms with Gasteiger partial charge in [0.1, 0.15) is 12.4 Å². The van der Waals surface area contributed by atoms with Gasteiger partial charge >= 0.3 is 0 Å². The molecule has 0 heterocycles. The summed E-state index contributed by atoms with van der Waals surface area (Å²) in [7, 11) is 1.52. The lowest BCUT2D eigenvalue weighted by molar-refractivity contribution is 0.284. The van der Waals surface area contributed by atoms with E-state index in [2.05, 4.69) is 15.9 Å². The lowest BCUT2D eigenvalue weighted by Crippen LogP contribution is -1.99. The molecule has 0 bridgehead atoms. The van der Waals surface area contributed by atoms with E-state index in [9.17, 15) is 9.65 Å². The molecule has 0 aliphatic heterocycles. The predicted molar refractivity (Wildman–Crippen MR) is 121 cm³/mol. The minimum absolute atomic E-state index is 0.195. The standard InChI is InChI=1S/C23H15BrCl2FNO2/c1-29-22-10-15(9-16(12-28)17-4-2-3-5-21(17)27)18(24)11-23(22)30-13-14-6-7-19(25)20(26)8-14/h2-11H,13H2,1H3/b16-9-. The van der Waals surface area contributed by atoms with Crippen molar-refractivity contribution in [1.29, 1.82) is 5.26 Å². The Morgan fingerprint density at radius 1 is 1.10 bits per heavy atom. The third-order valence-electron chi connectivity index (χ3n) is 4.25. The molecule has 30 heavy (non-hydrogen) atoms. The zero-order valence-electron chi connectivity index (χ0n) is 15.8. The van der Waals surface area contributed by atoms with Crippen molar-refractivity contribution >= 4 is 50.8 Å².